The average molecular weight is 310 g/mol. The van der Waals surface area contributed by atoms with Gasteiger partial charge in [0.2, 0.25) is 0 Å². The van der Waals surface area contributed by atoms with Gasteiger partial charge in [0.15, 0.2) is 5.75 Å². The number of nitrogens with zero attached hydrogens (tertiary/aromatic N) is 2. The molecule has 0 spiro atoms. The van der Waals surface area contributed by atoms with Crippen molar-refractivity contribution in [1.29, 1.82) is 0 Å². The van der Waals surface area contributed by atoms with Gasteiger partial charge in [-0.1, -0.05) is 0 Å². The molecule has 1 aliphatic heterocycles. The normalized spacial score (nSPS) is 21.7. The number of morpholine rings is 1. The first-order valence-corrected chi connectivity index (χ1v) is 7.35. The number of nitro groups is 1. The van der Waals surface area contributed by atoms with Crippen molar-refractivity contribution in [3.63, 3.8) is 0 Å². The number of ether oxygens (including phenoxy) is 3. The SMILES string of the molecule is CCOc1cc(N2CC(C)OC(COC)C2)ccc1[N+](=O)[O-]. The van der Waals surface area contributed by atoms with Gasteiger partial charge >= 0.3 is 5.69 Å². The summed E-state index contributed by atoms with van der Waals surface area (Å²) >= 11 is 0. The van der Waals surface area contributed by atoms with E-state index in [0.29, 0.717) is 25.5 Å². The molecule has 0 bridgehead atoms. The fourth-order valence-electron chi connectivity index (χ4n) is 2.66. The molecule has 1 aliphatic rings. The number of rotatable bonds is 6. The van der Waals surface area contributed by atoms with E-state index in [1.165, 1.54) is 6.07 Å². The maximum Gasteiger partial charge on any atom is 0.311 e. The number of anilines is 1. The summed E-state index contributed by atoms with van der Waals surface area (Å²) < 4.78 is 16.4. The van der Waals surface area contributed by atoms with Crippen molar-refractivity contribution in [3.05, 3.63) is 28.3 Å². The lowest BCUT2D eigenvalue weighted by Gasteiger charge is -2.38. The topological polar surface area (TPSA) is 74.1 Å². The average Bonchev–Trinajstić information content (AvgIpc) is 2.47. The van der Waals surface area contributed by atoms with Crippen molar-refractivity contribution in [2.45, 2.75) is 26.1 Å². The maximum absolute atomic E-state index is 11.0. The van der Waals surface area contributed by atoms with E-state index in [9.17, 15) is 10.1 Å². The van der Waals surface area contributed by atoms with Crippen LogP contribution < -0.4 is 9.64 Å². The monoisotopic (exact) mass is 310 g/mol. The fraction of sp³-hybridized carbons (Fsp3) is 0.600. The van der Waals surface area contributed by atoms with Crippen LogP contribution in [-0.2, 0) is 9.47 Å². The van der Waals surface area contributed by atoms with Crippen LogP contribution in [0.25, 0.3) is 0 Å². The lowest BCUT2D eigenvalue weighted by molar-refractivity contribution is -0.385. The second-order valence-corrected chi connectivity index (χ2v) is 5.27. The Labute approximate surface area is 129 Å². The molecule has 2 atom stereocenters. The first-order valence-electron chi connectivity index (χ1n) is 7.35. The quantitative estimate of drug-likeness (QED) is 0.592. The molecular weight excluding hydrogens is 288 g/mol. The minimum absolute atomic E-state index is 0.0136. The van der Waals surface area contributed by atoms with Crippen molar-refractivity contribution in [1.82, 2.24) is 0 Å². The van der Waals surface area contributed by atoms with E-state index in [1.54, 1.807) is 19.2 Å². The lowest BCUT2D eigenvalue weighted by Crippen LogP contribution is -2.48. The first kappa shape index (κ1) is 16.5. The molecule has 0 amide bonds. The first-order chi connectivity index (χ1) is 10.5. The number of nitro benzene ring substituents is 1. The Hall–Kier alpha value is -1.86. The van der Waals surface area contributed by atoms with Crippen molar-refractivity contribution in [2.75, 3.05) is 38.3 Å². The molecule has 1 aromatic carbocycles. The minimum Gasteiger partial charge on any atom is -0.487 e. The summed E-state index contributed by atoms with van der Waals surface area (Å²) in [4.78, 5) is 12.8. The Morgan fingerprint density at radius 3 is 2.86 bits per heavy atom. The largest absolute Gasteiger partial charge is 0.487 e. The summed E-state index contributed by atoms with van der Waals surface area (Å²) in [6, 6.07) is 4.97. The van der Waals surface area contributed by atoms with E-state index in [1.807, 2.05) is 13.8 Å². The van der Waals surface area contributed by atoms with Gasteiger partial charge in [-0.2, -0.15) is 0 Å². The van der Waals surface area contributed by atoms with E-state index < -0.39 is 4.92 Å². The molecule has 22 heavy (non-hydrogen) atoms. The van der Waals surface area contributed by atoms with Crippen LogP contribution in [0.4, 0.5) is 11.4 Å². The lowest BCUT2D eigenvalue weighted by atomic mass is 10.1. The molecule has 1 fully saturated rings. The summed E-state index contributed by atoms with van der Waals surface area (Å²) in [6.45, 7) is 6.12. The standard InChI is InChI=1S/C15H22N2O5/c1-4-21-15-7-12(5-6-14(15)17(18)19)16-8-11(2)22-13(9-16)10-20-3/h5-7,11,13H,4,8-10H2,1-3H3. The van der Waals surface area contributed by atoms with Gasteiger partial charge in [-0.3, -0.25) is 10.1 Å². The van der Waals surface area contributed by atoms with E-state index in [0.717, 1.165) is 12.2 Å². The van der Waals surface area contributed by atoms with Gasteiger partial charge in [-0.25, -0.2) is 0 Å². The molecule has 7 nitrogen and oxygen atoms in total. The molecule has 1 saturated heterocycles. The van der Waals surface area contributed by atoms with Gasteiger partial charge in [0.05, 0.1) is 30.3 Å². The Bertz CT molecular complexity index is 523. The zero-order valence-corrected chi connectivity index (χ0v) is 13.2. The van der Waals surface area contributed by atoms with Gasteiger partial charge in [-0.15, -0.1) is 0 Å². The number of hydrogen-bond donors (Lipinski definition) is 0. The molecule has 0 N–H and O–H groups in total. The summed E-state index contributed by atoms with van der Waals surface area (Å²) in [5.41, 5.74) is 0.880. The molecule has 1 heterocycles. The van der Waals surface area contributed by atoms with Crippen LogP contribution in [0.15, 0.2) is 18.2 Å². The highest BCUT2D eigenvalue weighted by molar-refractivity contribution is 5.59. The van der Waals surface area contributed by atoms with Crippen molar-refractivity contribution in [2.24, 2.45) is 0 Å². The van der Waals surface area contributed by atoms with Crippen LogP contribution in [0.3, 0.4) is 0 Å². The number of methoxy groups -OCH3 is 1. The molecule has 122 valence electrons. The van der Waals surface area contributed by atoms with Gasteiger partial charge in [-0.05, 0) is 19.9 Å². The number of hydrogen-bond acceptors (Lipinski definition) is 6. The van der Waals surface area contributed by atoms with Crippen molar-refractivity contribution < 1.29 is 19.1 Å². The molecule has 0 aromatic heterocycles. The highest BCUT2D eigenvalue weighted by Gasteiger charge is 2.27. The fourth-order valence-corrected chi connectivity index (χ4v) is 2.66. The molecule has 1 aromatic rings. The highest BCUT2D eigenvalue weighted by atomic mass is 16.6. The van der Waals surface area contributed by atoms with Gasteiger partial charge in [0.1, 0.15) is 0 Å². The molecule has 0 radical (unpaired) electrons. The van der Waals surface area contributed by atoms with Gasteiger partial charge < -0.3 is 19.1 Å². The van der Waals surface area contributed by atoms with E-state index in [4.69, 9.17) is 14.2 Å². The highest BCUT2D eigenvalue weighted by Crippen LogP contribution is 2.32. The van der Waals surface area contributed by atoms with Crippen LogP contribution in [0.1, 0.15) is 13.8 Å². The third-order valence-electron chi connectivity index (χ3n) is 3.48. The van der Waals surface area contributed by atoms with Crippen LogP contribution >= 0.6 is 0 Å². The van der Waals surface area contributed by atoms with Crippen LogP contribution in [-0.4, -0.2) is 50.5 Å². The summed E-state index contributed by atoms with van der Waals surface area (Å²) in [5, 5.41) is 11.0. The summed E-state index contributed by atoms with van der Waals surface area (Å²) in [5.74, 6) is 0.299. The van der Waals surface area contributed by atoms with Crippen LogP contribution in [0, 0.1) is 10.1 Å². The summed E-state index contributed by atoms with van der Waals surface area (Å²) in [7, 11) is 1.64. The van der Waals surface area contributed by atoms with E-state index in [-0.39, 0.29) is 17.9 Å². The molecule has 7 heteroatoms. The molecular formula is C15H22N2O5. The predicted octanol–water partition coefficient (Wildman–Crippen LogP) is 2.23. The Morgan fingerprint density at radius 1 is 1.45 bits per heavy atom. The third-order valence-corrected chi connectivity index (χ3v) is 3.48. The number of benzene rings is 1. The zero-order valence-electron chi connectivity index (χ0n) is 13.2. The van der Waals surface area contributed by atoms with Gasteiger partial charge in [0, 0.05) is 38.0 Å². The Kier molecular flexibility index (Phi) is 5.57. The van der Waals surface area contributed by atoms with Crippen LogP contribution in [0.5, 0.6) is 5.75 Å². The zero-order chi connectivity index (χ0) is 16.1. The predicted molar refractivity (Wildman–Crippen MR) is 82.7 cm³/mol. The molecule has 2 unspecified atom stereocenters. The Balaban J connectivity index is 2.23. The third kappa shape index (κ3) is 3.86. The maximum atomic E-state index is 11.0. The van der Waals surface area contributed by atoms with Crippen LogP contribution in [0.2, 0.25) is 0 Å². The smallest absolute Gasteiger partial charge is 0.311 e. The molecule has 0 aliphatic carbocycles. The second kappa shape index (κ2) is 7.42. The second-order valence-electron chi connectivity index (χ2n) is 5.27. The molecule has 0 saturated carbocycles. The van der Waals surface area contributed by atoms with E-state index in [2.05, 4.69) is 4.90 Å². The molecule has 2 rings (SSSR count). The van der Waals surface area contributed by atoms with Gasteiger partial charge in [0.25, 0.3) is 0 Å². The minimum atomic E-state index is -0.426. The Morgan fingerprint density at radius 2 is 2.23 bits per heavy atom. The van der Waals surface area contributed by atoms with E-state index >= 15 is 0 Å². The summed E-state index contributed by atoms with van der Waals surface area (Å²) in [6.07, 6.45) is 0.0547. The van der Waals surface area contributed by atoms with Crippen molar-refractivity contribution >= 4 is 11.4 Å². The van der Waals surface area contributed by atoms with Crippen molar-refractivity contribution in [3.8, 4) is 5.75 Å².